The SMILES string of the molecule is CC(C)c1ccc(N(c2ccc(C(C)C)cc2)c2ccc3cc4c(cc3c2)-c2cc3ccc(N(c5ccc(C(C)C)cc5)c5ccc(C(C)C)cc5)cc3cc2-4)cc1. The van der Waals surface area contributed by atoms with Crippen LogP contribution in [0.25, 0.3) is 43.8 Å². The fraction of sp³-hybridized carbons (Fsp3) is 0.214. The van der Waals surface area contributed by atoms with E-state index in [4.69, 9.17) is 0 Å². The zero-order valence-electron chi connectivity index (χ0n) is 35.2. The van der Waals surface area contributed by atoms with Gasteiger partial charge in [0, 0.05) is 34.1 Å². The zero-order chi connectivity index (χ0) is 40.2. The number of hydrogen-bond acceptors (Lipinski definition) is 2. The van der Waals surface area contributed by atoms with E-state index in [1.807, 2.05) is 0 Å². The molecule has 2 heteroatoms. The molecule has 1 aliphatic carbocycles. The number of rotatable bonds is 10. The number of nitrogens with zero attached hydrogens (tertiary/aromatic N) is 2. The van der Waals surface area contributed by atoms with Crippen LogP contribution in [0.5, 0.6) is 0 Å². The number of anilines is 6. The maximum absolute atomic E-state index is 2.40. The molecule has 0 N–H and O–H groups in total. The van der Waals surface area contributed by atoms with Gasteiger partial charge in [0.15, 0.2) is 0 Å². The number of fused-ring (bicyclic) bond motifs is 6. The Labute approximate surface area is 345 Å². The van der Waals surface area contributed by atoms with Crippen LogP contribution in [0, 0.1) is 0 Å². The molecular weight excluding hydrogens is 701 g/mol. The Morgan fingerprint density at radius 1 is 0.241 bits per heavy atom. The summed E-state index contributed by atoms with van der Waals surface area (Å²) in [6.07, 6.45) is 0. The van der Waals surface area contributed by atoms with Crippen molar-refractivity contribution in [3.63, 3.8) is 0 Å². The highest BCUT2D eigenvalue weighted by Crippen LogP contribution is 2.51. The minimum Gasteiger partial charge on any atom is -0.310 e. The maximum atomic E-state index is 2.40. The van der Waals surface area contributed by atoms with Gasteiger partial charge >= 0.3 is 0 Å². The van der Waals surface area contributed by atoms with Crippen LogP contribution in [-0.2, 0) is 0 Å². The van der Waals surface area contributed by atoms with E-state index in [1.165, 1.54) is 88.8 Å². The molecule has 0 radical (unpaired) electrons. The molecule has 0 aliphatic heterocycles. The van der Waals surface area contributed by atoms with Gasteiger partial charge in [0.25, 0.3) is 0 Å². The summed E-state index contributed by atoms with van der Waals surface area (Å²) < 4.78 is 0. The second-order valence-electron chi connectivity index (χ2n) is 17.5. The minimum atomic E-state index is 0.489. The minimum absolute atomic E-state index is 0.489. The van der Waals surface area contributed by atoms with Gasteiger partial charge in [0.2, 0.25) is 0 Å². The molecule has 58 heavy (non-hydrogen) atoms. The highest BCUT2D eigenvalue weighted by atomic mass is 15.1. The Balaban J connectivity index is 1.08. The van der Waals surface area contributed by atoms with Crippen molar-refractivity contribution in [3.8, 4) is 22.3 Å². The molecular formula is C56H54N2. The predicted octanol–water partition coefficient (Wildman–Crippen LogP) is 17.1. The fourth-order valence-electron chi connectivity index (χ4n) is 8.60. The fourth-order valence-corrected chi connectivity index (χ4v) is 8.60. The van der Waals surface area contributed by atoms with E-state index >= 15 is 0 Å². The molecule has 0 amide bonds. The summed E-state index contributed by atoms with van der Waals surface area (Å²) in [7, 11) is 0. The third-order valence-corrected chi connectivity index (χ3v) is 12.3. The molecule has 0 spiro atoms. The van der Waals surface area contributed by atoms with Gasteiger partial charge in [-0.05, 0) is 187 Å². The van der Waals surface area contributed by atoms with E-state index in [0.717, 1.165) is 11.4 Å². The molecule has 0 atom stereocenters. The van der Waals surface area contributed by atoms with Crippen LogP contribution in [0.4, 0.5) is 34.1 Å². The Morgan fingerprint density at radius 2 is 0.466 bits per heavy atom. The van der Waals surface area contributed by atoms with Crippen molar-refractivity contribution in [2.45, 2.75) is 79.1 Å². The van der Waals surface area contributed by atoms with Crippen molar-refractivity contribution in [2.24, 2.45) is 0 Å². The summed E-state index contributed by atoms with van der Waals surface area (Å²) in [6, 6.07) is 59.8. The van der Waals surface area contributed by atoms with Crippen LogP contribution in [0.1, 0.15) is 101 Å². The summed E-state index contributed by atoms with van der Waals surface area (Å²) in [5.74, 6) is 1.96. The molecule has 0 unspecified atom stereocenters. The summed E-state index contributed by atoms with van der Waals surface area (Å²) in [5.41, 5.74) is 17.7. The normalized spacial score (nSPS) is 12.1. The third kappa shape index (κ3) is 6.85. The van der Waals surface area contributed by atoms with E-state index in [1.54, 1.807) is 0 Å². The molecule has 0 heterocycles. The molecule has 2 nitrogen and oxygen atoms in total. The molecule has 288 valence electrons. The Bertz CT molecular complexity index is 2440. The van der Waals surface area contributed by atoms with Gasteiger partial charge in [0.1, 0.15) is 0 Å². The molecule has 8 aromatic rings. The summed E-state index contributed by atoms with van der Waals surface area (Å²) in [4.78, 5) is 4.79. The second-order valence-corrected chi connectivity index (χ2v) is 17.5. The summed E-state index contributed by atoms with van der Waals surface area (Å²) >= 11 is 0. The van der Waals surface area contributed by atoms with Gasteiger partial charge in [-0.1, -0.05) is 116 Å². The lowest BCUT2D eigenvalue weighted by molar-refractivity contribution is 0.866. The van der Waals surface area contributed by atoms with Crippen LogP contribution in [0.2, 0.25) is 0 Å². The summed E-state index contributed by atoms with van der Waals surface area (Å²) in [5, 5.41) is 5.02. The average molecular weight is 755 g/mol. The lowest BCUT2D eigenvalue weighted by atomic mass is 9.78. The van der Waals surface area contributed by atoms with Gasteiger partial charge in [-0.2, -0.15) is 0 Å². The second kappa shape index (κ2) is 15.0. The van der Waals surface area contributed by atoms with E-state index in [2.05, 4.69) is 223 Å². The maximum Gasteiger partial charge on any atom is 0.0468 e. The van der Waals surface area contributed by atoms with Crippen molar-refractivity contribution in [2.75, 3.05) is 9.80 Å². The third-order valence-electron chi connectivity index (χ3n) is 12.3. The summed E-state index contributed by atoms with van der Waals surface area (Å²) in [6.45, 7) is 18.0. The van der Waals surface area contributed by atoms with Gasteiger partial charge < -0.3 is 9.80 Å². The first kappa shape index (κ1) is 37.5. The topological polar surface area (TPSA) is 6.48 Å². The Hall–Kier alpha value is -6.12. The van der Waals surface area contributed by atoms with Crippen molar-refractivity contribution in [1.82, 2.24) is 0 Å². The smallest absolute Gasteiger partial charge is 0.0468 e. The van der Waals surface area contributed by atoms with Crippen molar-refractivity contribution in [1.29, 1.82) is 0 Å². The van der Waals surface area contributed by atoms with Crippen LogP contribution in [0.3, 0.4) is 0 Å². The number of hydrogen-bond donors (Lipinski definition) is 0. The molecule has 0 saturated heterocycles. The highest BCUT2D eigenvalue weighted by Gasteiger charge is 2.25. The van der Waals surface area contributed by atoms with Crippen LogP contribution < -0.4 is 9.80 Å². The monoisotopic (exact) mass is 754 g/mol. The van der Waals surface area contributed by atoms with Crippen LogP contribution >= 0.6 is 0 Å². The quantitative estimate of drug-likeness (QED) is 0.137. The van der Waals surface area contributed by atoms with Crippen LogP contribution in [-0.4, -0.2) is 0 Å². The van der Waals surface area contributed by atoms with E-state index in [0.29, 0.717) is 23.7 Å². The van der Waals surface area contributed by atoms with Crippen molar-refractivity contribution < 1.29 is 0 Å². The van der Waals surface area contributed by atoms with Gasteiger partial charge in [-0.3, -0.25) is 0 Å². The standard InChI is InChI=1S/C56H54N2/c1-35(2)39-9-19-47(20-10-39)57(48-21-11-40(12-22-48)36(3)4)51-27-17-43-31-53-55(33-45(43)29-51)54-32-44-18-28-52(30-46(44)34-56(53)54)58(49-23-13-41(14-24-49)37(5)6)50-25-15-42(16-26-50)38(7)8/h9-38H,1-8H3. The van der Waals surface area contributed by atoms with E-state index in [9.17, 15) is 0 Å². The Morgan fingerprint density at radius 3 is 0.707 bits per heavy atom. The zero-order valence-corrected chi connectivity index (χ0v) is 35.2. The largest absolute Gasteiger partial charge is 0.310 e. The lowest BCUT2D eigenvalue weighted by Crippen LogP contribution is -2.10. The van der Waals surface area contributed by atoms with E-state index < -0.39 is 0 Å². The first-order chi connectivity index (χ1) is 28.0. The Kier molecular flexibility index (Phi) is 9.68. The van der Waals surface area contributed by atoms with Gasteiger partial charge in [-0.15, -0.1) is 0 Å². The number of benzene rings is 8. The molecule has 8 aromatic carbocycles. The van der Waals surface area contributed by atoms with Gasteiger partial charge in [0.05, 0.1) is 0 Å². The van der Waals surface area contributed by atoms with Gasteiger partial charge in [-0.25, -0.2) is 0 Å². The molecule has 0 fully saturated rings. The first-order valence-corrected chi connectivity index (χ1v) is 21.2. The molecule has 1 aliphatic rings. The van der Waals surface area contributed by atoms with Crippen molar-refractivity contribution >= 4 is 55.7 Å². The first-order valence-electron chi connectivity index (χ1n) is 21.2. The molecule has 9 rings (SSSR count). The lowest BCUT2D eigenvalue weighted by Gasteiger charge is -2.29. The highest BCUT2D eigenvalue weighted by molar-refractivity contribution is 6.12. The molecule has 0 bridgehead atoms. The predicted molar refractivity (Wildman–Crippen MR) is 252 cm³/mol. The molecule has 0 aromatic heterocycles. The van der Waals surface area contributed by atoms with Crippen LogP contribution in [0.15, 0.2) is 158 Å². The van der Waals surface area contributed by atoms with Crippen molar-refractivity contribution in [3.05, 3.63) is 180 Å². The molecule has 0 saturated carbocycles. The van der Waals surface area contributed by atoms with E-state index in [-0.39, 0.29) is 0 Å². The average Bonchev–Trinajstić information content (AvgIpc) is 3.23.